The number of nitrogens with two attached hydrogens (primary N) is 1. The van der Waals surface area contributed by atoms with Crippen molar-refractivity contribution in [3.8, 4) is 11.3 Å². The molecule has 0 aliphatic rings. The molecule has 0 aliphatic heterocycles. The number of hydrogen-bond donors (Lipinski definition) is 1. The van der Waals surface area contributed by atoms with Crippen LogP contribution in [0.3, 0.4) is 0 Å². The van der Waals surface area contributed by atoms with Gasteiger partial charge < -0.3 is 14.8 Å². The van der Waals surface area contributed by atoms with Crippen LogP contribution in [-0.4, -0.2) is 16.1 Å². The molecule has 0 radical (unpaired) electrons. The molecule has 26 heavy (non-hydrogen) atoms. The Morgan fingerprint density at radius 1 is 1.15 bits per heavy atom. The molecule has 0 fully saturated rings. The van der Waals surface area contributed by atoms with Gasteiger partial charge in [0.15, 0.2) is 11.5 Å². The lowest BCUT2D eigenvalue weighted by atomic mass is 10.0. The van der Waals surface area contributed by atoms with Crippen molar-refractivity contribution in [1.29, 1.82) is 0 Å². The summed E-state index contributed by atoms with van der Waals surface area (Å²) in [4.78, 5) is 11.8. The summed E-state index contributed by atoms with van der Waals surface area (Å²) in [6.07, 6.45) is 5.02. The molecule has 0 bridgehead atoms. The maximum absolute atomic E-state index is 13.8. The number of halogens is 1. The second-order valence-electron chi connectivity index (χ2n) is 6.11. The summed E-state index contributed by atoms with van der Waals surface area (Å²) < 4.78 is 23.7. The highest BCUT2D eigenvalue weighted by molar-refractivity contribution is 5.93. The Hall–Kier alpha value is -2.80. The number of Topliss-reactive ketones (excluding diaryl/α,β-unsaturated/α-hetero) is 1. The minimum Gasteiger partial charge on any atom is -0.364 e. The van der Waals surface area contributed by atoms with E-state index in [0.29, 0.717) is 35.6 Å². The SMILES string of the molecule is N[C@@H](CCCCCC(=O)c1ccon1)c1cc(-c2ccccc2F)on1. The highest BCUT2D eigenvalue weighted by Crippen LogP contribution is 2.26. The molecule has 0 amide bonds. The Bertz CT molecular complexity index is 845. The van der Waals surface area contributed by atoms with Crippen molar-refractivity contribution >= 4 is 5.78 Å². The van der Waals surface area contributed by atoms with E-state index in [0.717, 1.165) is 19.3 Å². The first-order chi connectivity index (χ1) is 12.6. The van der Waals surface area contributed by atoms with Gasteiger partial charge in [-0.05, 0) is 25.0 Å². The lowest BCUT2D eigenvalue weighted by Crippen LogP contribution is -2.10. The van der Waals surface area contributed by atoms with Crippen LogP contribution in [0.1, 0.15) is 54.3 Å². The summed E-state index contributed by atoms with van der Waals surface area (Å²) in [5, 5.41) is 7.58. The van der Waals surface area contributed by atoms with E-state index in [4.69, 9.17) is 10.3 Å². The van der Waals surface area contributed by atoms with Crippen molar-refractivity contribution in [2.24, 2.45) is 5.73 Å². The van der Waals surface area contributed by atoms with Crippen LogP contribution in [0.25, 0.3) is 11.3 Å². The van der Waals surface area contributed by atoms with Gasteiger partial charge in [0.2, 0.25) is 0 Å². The van der Waals surface area contributed by atoms with Crippen LogP contribution in [0.2, 0.25) is 0 Å². The van der Waals surface area contributed by atoms with Gasteiger partial charge in [-0.15, -0.1) is 0 Å². The summed E-state index contributed by atoms with van der Waals surface area (Å²) in [7, 11) is 0. The zero-order valence-electron chi connectivity index (χ0n) is 14.2. The van der Waals surface area contributed by atoms with E-state index in [-0.39, 0.29) is 17.6 Å². The Morgan fingerprint density at radius 2 is 2.00 bits per heavy atom. The molecular weight excluding hydrogens is 337 g/mol. The van der Waals surface area contributed by atoms with E-state index in [1.807, 2.05) is 0 Å². The number of rotatable bonds is 9. The van der Waals surface area contributed by atoms with Crippen LogP contribution < -0.4 is 5.73 Å². The molecule has 136 valence electrons. The van der Waals surface area contributed by atoms with E-state index in [2.05, 4.69) is 14.8 Å². The maximum Gasteiger partial charge on any atom is 0.184 e. The molecule has 3 rings (SSSR count). The number of hydrogen-bond acceptors (Lipinski definition) is 6. The van der Waals surface area contributed by atoms with Gasteiger partial charge in [-0.25, -0.2) is 4.39 Å². The molecule has 2 N–H and O–H groups in total. The first-order valence-corrected chi connectivity index (χ1v) is 8.56. The average Bonchev–Trinajstić information content (AvgIpc) is 3.33. The van der Waals surface area contributed by atoms with Gasteiger partial charge in [0.1, 0.15) is 23.5 Å². The number of carbonyl (C=O) groups is 1. The second kappa shape index (κ2) is 8.53. The number of carbonyl (C=O) groups excluding carboxylic acids is 1. The minimum atomic E-state index is -0.361. The van der Waals surface area contributed by atoms with Crippen molar-refractivity contribution in [3.05, 3.63) is 59.9 Å². The third-order valence-corrected chi connectivity index (χ3v) is 4.19. The largest absolute Gasteiger partial charge is 0.364 e. The lowest BCUT2D eigenvalue weighted by molar-refractivity contribution is 0.0970. The fraction of sp³-hybridized carbons (Fsp3) is 0.316. The highest BCUT2D eigenvalue weighted by atomic mass is 19.1. The normalized spacial score (nSPS) is 12.2. The number of nitrogens with zero attached hydrogens (tertiary/aromatic N) is 2. The molecule has 0 spiro atoms. The van der Waals surface area contributed by atoms with Gasteiger partial charge in [0, 0.05) is 18.6 Å². The maximum atomic E-state index is 13.8. The summed E-state index contributed by atoms with van der Waals surface area (Å²) in [6.45, 7) is 0. The third-order valence-electron chi connectivity index (χ3n) is 4.19. The van der Waals surface area contributed by atoms with Crippen molar-refractivity contribution < 1.29 is 18.2 Å². The summed E-state index contributed by atoms with van der Waals surface area (Å²) in [5.41, 5.74) is 7.47. The molecule has 0 saturated heterocycles. The summed E-state index contributed by atoms with van der Waals surface area (Å²) >= 11 is 0. The second-order valence-corrected chi connectivity index (χ2v) is 6.11. The molecule has 0 aliphatic carbocycles. The molecule has 0 saturated carbocycles. The molecule has 2 heterocycles. The van der Waals surface area contributed by atoms with E-state index in [1.54, 1.807) is 30.3 Å². The van der Waals surface area contributed by atoms with Gasteiger partial charge >= 0.3 is 0 Å². The van der Waals surface area contributed by atoms with Crippen LogP contribution in [-0.2, 0) is 0 Å². The monoisotopic (exact) mass is 357 g/mol. The first kappa shape index (κ1) is 18.0. The van der Waals surface area contributed by atoms with Gasteiger partial charge in [-0.1, -0.05) is 35.3 Å². The van der Waals surface area contributed by atoms with Crippen LogP contribution >= 0.6 is 0 Å². The highest BCUT2D eigenvalue weighted by Gasteiger charge is 2.15. The Morgan fingerprint density at radius 3 is 2.77 bits per heavy atom. The van der Waals surface area contributed by atoms with Crippen molar-refractivity contribution in [2.75, 3.05) is 0 Å². The van der Waals surface area contributed by atoms with Crippen molar-refractivity contribution in [3.63, 3.8) is 0 Å². The van der Waals surface area contributed by atoms with Gasteiger partial charge in [-0.3, -0.25) is 4.79 Å². The van der Waals surface area contributed by atoms with Crippen LogP contribution in [0.4, 0.5) is 4.39 Å². The summed E-state index contributed by atoms with van der Waals surface area (Å²) in [5.74, 6) is -0.0126. The number of aromatic nitrogens is 2. The molecule has 1 aromatic carbocycles. The Kier molecular flexibility index (Phi) is 5.91. The van der Waals surface area contributed by atoms with E-state index >= 15 is 0 Å². The van der Waals surface area contributed by atoms with Crippen molar-refractivity contribution in [1.82, 2.24) is 10.3 Å². The van der Waals surface area contributed by atoms with Gasteiger partial charge in [-0.2, -0.15) is 0 Å². The number of benzene rings is 1. The quantitative estimate of drug-likeness (QED) is 0.453. The predicted molar refractivity (Wildman–Crippen MR) is 92.7 cm³/mol. The smallest absolute Gasteiger partial charge is 0.184 e. The average molecular weight is 357 g/mol. The molecular formula is C19H20FN3O3. The summed E-state index contributed by atoms with van der Waals surface area (Å²) in [6, 6.07) is 9.32. The fourth-order valence-electron chi connectivity index (χ4n) is 2.71. The predicted octanol–water partition coefficient (Wildman–Crippen LogP) is 4.30. The van der Waals surface area contributed by atoms with Gasteiger partial charge in [0.25, 0.3) is 0 Å². The molecule has 0 unspecified atom stereocenters. The third kappa shape index (κ3) is 4.43. The molecule has 1 atom stereocenters. The van der Waals surface area contributed by atoms with Crippen LogP contribution in [0.5, 0.6) is 0 Å². The number of unbranched alkanes of at least 4 members (excludes halogenated alkanes) is 2. The van der Waals surface area contributed by atoms with Crippen molar-refractivity contribution in [2.45, 2.75) is 38.1 Å². The zero-order valence-corrected chi connectivity index (χ0v) is 14.2. The van der Waals surface area contributed by atoms with Crippen LogP contribution in [0, 0.1) is 5.82 Å². The molecule has 7 heteroatoms. The molecule has 3 aromatic rings. The fourth-order valence-corrected chi connectivity index (χ4v) is 2.71. The lowest BCUT2D eigenvalue weighted by Gasteiger charge is -2.07. The van der Waals surface area contributed by atoms with E-state index in [1.165, 1.54) is 12.3 Å². The standard InChI is InChI=1S/C19H20FN3O3/c20-14-7-5-4-6-13(14)19-12-17(23-26-19)15(21)8-2-1-3-9-18(24)16-10-11-25-22-16/h4-7,10-12,15H,1-3,8-9,21H2/t15-/m0/s1. The van der Waals surface area contributed by atoms with E-state index < -0.39 is 0 Å². The topological polar surface area (TPSA) is 95.2 Å². The Labute approximate surface area is 150 Å². The minimum absolute atomic E-state index is 0.0194. The zero-order chi connectivity index (χ0) is 18.4. The first-order valence-electron chi connectivity index (χ1n) is 8.56. The van der Waals surface area contributed by atoms with Gasteiger partial charge in [0.05, 0.1) is 11.6 Å². The molecule has 2 aromatic heterocycles. The van der Waals surface area contributed by atoms with E-state index in [9.17, 15) is 9.18 Å². The number of ketones is 1. The Balaban J connectivity index is 1.43. The molecule has 6 nitrogen and oxygen atoms in total. The van der Waals surface area contributed by atoms with Crippen LogP contribution in [0.15, 0.2) is 51.7 Å².